The molecule has 2 aromatic rings. The van der Waals surface area contributed by atoms with Gasteiger partial charge in [-0.1, -0.05) is 23.7 Å². The number of hydrogen-bond donors (Lipinski definition) is 2. The quantitative estimate of drug-likeness (QED) is 0.675. The minimum Gasteiger partial charge on any atom is -0.271 e. The van der Waals surface area contributed by atoms with Gasteiger partial charge in [0.2, 0.25) is 0 Å². The minimum atomic E-state index is -0.420. The van der Waals surface area contributed by atoms with Gasteiger partial charge in [-0.15, -0.1) is 0 Å². The number of fused-ring (bicyclic) bond motifs is 1. The lowest BCUT2D eigenvalue weighted by molar-refractivity contribution is 0.446. The van der Waals surface area contributed by atoms with Crippen molar-refractivity contribution in [3.63, 3.8) is 0 Å². The van der Waals surface area contributed by atoms with Crippen LogP contribution in [0.15, 0.2) is 36.5 Å². The summed E-state index contributed by atoms with van der Waals surface area (Å²) in [5.41, 5.74) is 6.03. The lowest BCUT2D eigenvalue weighted by Gasteiger charge is -2.23. The lowest BCUT2D eigenvalue weighted by atomic mass is 9.91. The number of aromatic nitrogens is 1. The number of hydrogen-bond acceptors (Lipinski definition) is 3. The van der Waals surface area contributed by atoms with Crippen molar-refractivity contribution in [2.45, 2.75) is 24.8 Å². The fourth-order valence-electron chi connectivity index (χ4n) is 2.92. The van der Waals surface area contributed by atoms with Crippen LogP contribution in [0.2, 0.25) is 5.02 Å². The SMILES string of the molecule is NNC(c1ccc(F)c(Cl)c1)C1CCc2cccnc21. The molecule has 3 rings (SSSR count). The normalized spacial score (nSPS) is 18.9. The molecule has 1 heterocycles. The lowest BCUT2D eigenvalue weighted by Crippen LogP contribution is -2.32. The molecule has 20 heavy (non-hydrogen) atoms. The molecule has 0 radical (unpaired) electrons. The first-order chi connectivity index (χ1) is 9.70. The number of hydrazine groups is 1. The summed E-state index contributed by atoms with van der Waals surface area (Å²) in [5.74, 6) is 5.47. The van der Waals surface area contributed by atoms with Crippen molar-refractivity contribution in [1.29, 1.82) is 0 Å². The third-order valence-corrected chi connectivity index (χ3v) is 4.18. The maximum atomic E-state index is 13.3. The van der Waals surface area contributed by atoms with Crippen LogP contribution in [0.3, 0.4) is 0 Å². The first-order valence-corrected chi connectivity index (χ1v) is 6.93. The largest absolute Gasteiger partial charge is 0.271 e. The van der Waals surface area contributed by atoms with Crippen molar-refractivity contribution >= 4 is 11.6 Å². The molecule has 0 saturated heterocycles. The van der Waals surface area contributed by atoms with Gasteiger partial charge < -0.3 is 0 Å². The van der Waals surface area contributed by atoms with E-state index < -0.39 is 5.82 Å². The van der Waals surface area contributed by atoms with Gasteiger partial charge >= 0.3 is 0 Å². The van der Waals surface area contributed by atoms with Crippen molar-refractivity contribution < 1.29 is 4.39 Å². The van der Waals surface area contributed by atoms with Crippen LogP contribution in [0.1, 0.15) is 35.2 Å². The van der Waals surface area contributed by atoms with E-state index in [1.54, 1.807) is 18.3 Å². The van der Waals surface area contributed by atoms with E-state index in [1.165, 1.54) is 11.6 Å². The van der Waals surface area contributed by atoms with Crippen LogP contribution in [-0.4, -0.2) is 4.98 Å². The first kappa shape index (κ1) is 13.5. The molecule has 0 saturated carbocycles. The number of rotatable bonds is 3. The Balaban J connectivity index is 1.97. The van der Waals surface area contributed by atoms with Gasteiger partial charge in [-0.25, -0.2) is 4.39 Å². The van der Waals surface area contributed by atoms with Crippen LogP contribution in [-0.2, 0) is 6.42 Å². The number of pyridine rings is 1. The molecule has 1 aliphatic carbocycles. The highest BCUT2D eigenvalue weighted by atomic mass is 35.5. The van der Waals surface area contributed by atoms with E-state index in [9.17, 15) is 4.39 Å². The number of aryl methyl sites for hydroxylation is 1. The average Bonchev–Trinajstić information content (AvgIpc) is 2.88. The zero-order chi connectivity index (χ0) is 14.1. The molecule has 5 heteroatoms. The minimum absolute atomic E-state index is 0.113. The molecular weight excluding hydrogens is 277 g/mol. The summed E-state index contributed by atoms with van der Waals surface area (Å²) >= 11 is 5.86. The molecule has 1 aromatic carbocycles. The summed E-state index contributed by atoms with van der Waals surface area (Å²) < 4.78 is 13.3. The number of benzene rings is 1. The van der Waals surface area contributed by atoms with E-state index >= 15 is 0 Å². The number of nitrogens with one attached hydrogen (secondary N) is 1. The number of halogens is 2. The first-order valence-electron chi connectivity index (χ1n) is 6.55. The highest BCUT2D eigenvalue weighted by molar-refractivity contribution is 6.30. The van der Waals surface area contributed by atoms with Crippen LogP contribution in [0, 0.1) is 5.82 Å². The molecule has 3 N–H and O–H groups in total. The van der Waals surface area contributed by atoms with Crippen molar-refractivity contribution in [3.05, 3.63) is 64.2 Å². The van der Waals surface area contributed by atoms with E-state index in [4.69, 9.17) is 17.4 Å². The molecule has 104 valence electrons. The van der Waals surface area contributed by atoms with Gasteiger partial charge in [-0.3, -0.25) is 16.3 Å². The predicted octanol–water partition coefficient (Wildman–Crippen LogP) is 3.11. The summed E-state index contributed by atoms with van der Waals surface area (Å²) in [6.45, 7) is 0. The fraction of sp³-hybridized carbons (Fsp3) is 0.267. The molecule has 2 unspecified atom stereocenters. The topological polar surface area (TPSA) is 50.9 Å². The molecule has 0 spiro atoms. The van der Waals surface area contributed by atoms with Crippen LogP contribution in [0.4, 0.5) is 4.39 Å². The summed E-state index contributed by atoms with van der Waals surface area (Å²) in [6.07, 6.45) is 3.75. The Morgan fingerprint density at radius 3 is 3.00 bits per heavy atom. The average molecular weight is 292 g/mol. The van der Waals surface area contributed by atoms with Crippen LogP contribution < -0.4 is 11.3 Å². The van der Waals surface area contributed by atoms with E-state index in [0.29, 0.717) is 0 Å². The molecule has 0 amide bonds. The monoisotopic (exact) mass is 291 g/mol. The van der Waals surface area contributed by atoms with Gasteiger partial charge in [0.1, 0.15) is 5.82 Å². The molecule has 3 nitrogen and oxygen atoms in total. The van der Waals surface area contributed by atoms with Gasteiger partial charge in [0, 0.05) is 17.8 Å². The zero-order valence-electron chi connectivity index (χ0n) is 10.8. The molecule has 0 aliphatic heterocycles. The second-order valence-electron chi connectivity index (χ2n) is 5.01. The Morgan fingerprint density at radius 1 is 1.40 bits per heavy atom. The predicted molar refractivity (Wildman–Crippen MR) is 76.8 cm³/mol. The van der Waals surface area contributed by atoms with Gasteiger partial charge in [0.05, 0.1) is 11.1 Å². The maximum Gasteiger partial charge on any atom is 0.141 e. The molecule has 0 bridgehead atoms. The number of nitrogens with two attached hydrogens (primary N) is 1. The molecular formula is C15H15ClFN3. The third kappa shape index (κ3) is 2.30. The molecule has 0 fully saturated rings. The fourth-order valence-corrected chi connectivity index (χ4v) is 3.11. The Bertz CT molecular complexity index is 632. The molecule has 1 aliphatic rings. The Kier molecular flexibility index (Phi) is 3.70. The number of nitrogens with zero attached hydrogens (tertiary/aromatic N) is 1. The van der Waals surface area contributed by atoms with Gasteiger partial charge in [0.25, 0.3) is 0 Å². The summed E-state index contributed by atoms with van der Waals surface area (Å²) in [5, 5.41) is 0.113. The second kappa shape index (κ2) is 5.48. The maximum absolute atomic E-state index is 13.3. The highest BCUT2D eigenvalue weighted by Gasteiger charge is 2.31. The van der Waals surface area contributed by atoms with E-state index in [-0.39, 0.29) is 17.0 Å². The van der Waals surface area contributed by atoms with Gasteiger partial charge in [0.15, 0.2) is 0 Å². The Labute approximate surface area is 121 Å². The van der Waals surface area contributed by atoms with Crippen molar-refractivity contribution in [1.82, 2.24) is 10.4 Å². The zero-order valence-corrected chi connectivity index (χ0v) is 11.6. The van der Waals surface area contributed by atoms with E-state index in [1.807, 2.05) is 6.07 Å². The van der Waals surface area contributed by atoms with Crippen LogP contribution >= 0.6 is 11.6 Å². The Morgan fingerprint density at radius 2 is 2.25 bits per heavy atom. The standard InChI is InChI=1S/C15H15ClFN3/c16-12-8-10(4-6-13(12)17)15(20-18)11-5-3-9-2-1-7-19-14(9)11/h1-2,4,6-8,11,15,20H,3,5,18H2. The summed E-state index contributed by atoms with van der Waals surface area (Å²) in [7, 11) is 0. The van der Waals surface area contributed by atoms with Crippen molar-refractivity contribution in [3.8, 4) is 0 Å². The Hall–Kier alpha value is -1.49. The van der Waals surface area contributed by atoms with E-state index in [0.717, 1.165) is 24.1 Å². The third-order valence-electron chi connectivity index (χ3n) is 3.89. The molecule has 2 atom stereocenters. The van der Waals surface area contributed by atoms with Gasteiger partial charge in [-0.2, -0.15) is 0 Å². The second-order valence-corrected chi connectivity index (χ2v) is 5.42. The van der Waals surface area contributed by atoms with E-state index in [2.05, 4.69) is 16.5 Å². The van der Waals surface area contributed by atoms with Crippen LogP contribution in [0.25, 0.3) is 0 Å². The van der Waals surface area contributed by atoms with Crippen molar-refractivity contribution in [2.24, 2.45) is 5.84 Å². The molecule has 1 aromatic heterocycles. The highest BCUT2D eigenvalue weighted by Crippen LogP contribution is 2.40. The summed E-state index contributed by atoms with van der Waals surface area (Å²) in [4.78, 5) is 4.47. The van der Waals surface area contributed by atoms with Crippen molar-refractivity contribution in [2.75, 3.05) is 0 Å². The summed E-state index contributed by atoms with van der Waals surface area (Å²) in [6, 6.07) is 8.63. The smallest absolute Gasteiger partial charge is 0.141 e. The van der Waals surface area contributed by atoms with Crippen LogP contribution in [0.5, 0.6) is 0 Å². The van der Waals surface area contributed by atoms with Gasteiger partial charge in [-0.05, 0) is 42.2 Å².